The minimum absolute atomic E-state index is 0.242. The van der Waals surface area contributed by atoms with Gasteiger partial charge in [-0.2, -0.15) is 0 Å². The van der Waals surface area contributed by atoms with E-state index in [1.807, 2.05) is 18.2 Å². The van der Waals surface area contributed by atoms with Crippen LogP contribution in [0.1, 0.15) is 12.5 Å². The van der Waals surface area contributed by atoms with Crippen LogP contribution in [-0.4, -0.2) is 87.3 Å². The normalized spacial score (nSPS) is 16.1. The van der Waals surface area contributed by atoms with Gasteiger partial charge in [-0.25, -0.2) is 4.79 Å². The molecule has 1 aromatic carbocycles. The highest BCUT2D eigenvalue weighted by atomic mass is 16.6. The average molecular weight is 382 g/mol. The molecule has 0 radical (unpaired) electrons. The Morgan fingerprint density at radius 1 is 1.15 bits per heavy atom. The summed E-state index contributed by atoms with van der Waals surface area (Å²) < 4.78 is 21.1. The molecule has 0 bridgehead atoms. The molecule has 1 amide bonds. The zero-order chi connectivity index (χ0) is 19.6. The second-order valence-electron chi connectivity index (χ2n) is 6.34. The number of piperazine rings is 1. The molecule has 27 heavy (non-hydrogen) atoms. The van der Waals surface area contributed by atoms with Crippen molar-refractivity contribution in [3.8, 4) is 11.5 Å². The van der Waals surface area contributed by atoms with Gasteiger partial charge in [-0.15, -0.1) is 0 Å². The van der Waals surface area contributed by atoms with Crippen LogP contribution in [0.4, 0.5) is 4.79 Å². The summed E-state index contributed by atoms with van der Waals surface area (Å²) in [6, 6.07) is 5.60. The number of nitrogens with zero attached hydrogens (tertiary/aromatic N) is 2. The molecule has 0 aliphatic carbocycles. The minimum Gasteiger partial charge on any atom is -0.493 e. The monoisotopic (exact) mass is 382 g/mol. The standard InChI is InChI=1S/C19H30N2O6/c1-4-27-19(23)21-9-7-20(8-10-21)12-16(22)14-26-13-15-5-6-17(24-2)18(11-15)25-3/h5-6,11,16,22H,4,7-10,12-14H2,1-3H3/t16-/m1/s1. The lowest BCUT2D eigenvalue weighted by atomic mass is 10.2. The number of methoxy groups -OCH3 is 2. The molecule has 152 valence electrons. The van der Waals surface area contributed by atoms with Crippen LogP contribution in [0.25, 0.3) is 0 Å². The number of aliphatic hydroxyl groups excluding tert-OH is 1. The second kappa shape index (κ2) is 11.0. The third kappa shape index (κ3) is 6.57. The first-order valence-electron chi connectivity index (χ1n) is 9.18. The highest BCUT2D eigenvalue weighted by molar-refractivity contribution is 5.67. The van der Waals surface area contributed by atoms with Gasteiger partial charge in [-0.05, 0) is 24.6 Å². The molecule has 1 heterocycles. The van der Waals surface area contributed by atoms with Crippen LogP contribution < -0.4 is 9.47 Å². The second-order valence-corrected chi connectivity index (χ2v) is 6.34. The highest BCUT2D eigenvalue weighted by Gasteiger charge is 2.23. The predicted octanol–water partition coefficient (Wildman–Crippen LogP) is 1.36. The van der Waals surface area contributed by atoms with E-state index in [4.69, 9.17) is 18.9 Å². The summed E-state index contributed by atoms with van der Waals surface area (Å²) in [5.41, 5.74) is 0.947. The van der Waals surface area contributed by atoms with Crippen molar-refractivity contribution in [3.05, 3.63) is 23.8 Å². The Labute approximate surface area is 160 Å². The first-order chi connectivity index (χ1) is 13.1. The molecule has 8 nitrogen and oxygen atoms in total. The molecule has 1 fully saturated rings. The number of aliphatic hydroxyl groups is 1. The van der Waals surface area contributed by atoms with Gasteiger partial charge in [-0.3, -0.25) is 4.90 Å². The summed E-state index contributed by atoms with van der Waals surface area (Å²) in [5.74, 6) is 1.32. The molecule has 0 unspecified atom stereocenters. The zero-order valence-electron chi connectivity index (χ0n) is 16.3. The van der Waals surface area contributed by atoms with Crippen molar-refractivity contribution < 1.29 is 28.8 Å². The van der Waals surface area contributed by atoms with Crippen molar-refractivity contribution in [1.82, 2.24) is 9.80 Å². The zero-order valence-corrected chi connectivity index (χ0v) is 16.3. The number of rotatable bonds is 9. The molecule has 1 N–H and O–H groups in total. The van der Waals surface area contributed by atoms with E-state index in [0.29, 0.717) is 57.4 Å². The van der Waals surface area contributed by atoms with E-state index >= 15 is 0 Å². The maximum Gasteiger partial charge on any atom is 0.409 e. The molecular formula is C19H30N2O6. The number of hydrogen-bond donors (Lipinski definition) is 1. The van der Waals surface area contributed by atoms with Gasteiger partial charge in [0, 0.05) is 32.7 Å². The van der Waals surface area contributed by atoms with Gasteiger partial charge in [0.25, 0.3) is 0 Å². The predicted molar refractivity (Wildman–Crippen MR) is 100 cm³/mol. The fourth-order valence-electron chi connectivity index (χ4n) is 2.96. The molecule has 0 spiro atoms. The maximum atomic E-state index is 11.7. The van der Waals surface area contributed by atoms with Gasteiger partial charge in [0.2, 0.25) is 0 Å². The Morgan fingerprint density at radius 3 is 2.48 bits per heavy atom. The van der Waals surface area contributed by atoms with E-state index in [2.05, 4.69) is 4.90 Å². The van der Waals surface area contributed by atoms with E-state index in [9.17, 15) is 9.90 Å². The molecule has 0 saturated carbocycles. The first-order valence-corrected chi connectivity index (χ1v) is 9.18. The van der Waals surface area contributed by atoms with E-state index in [-0.39, 0.29) is 12.7 Å². The van der Waals surface area contributed by atoms with E-state index in [1.165, 1.54) is 0 Å². The first kappa shape index (κ1) is 21.3. The smallest absolute Gasteiger partial charge is 0.409 e. The van der Waals surface area contributed by atoms with Crippen molar-refractivity contribution in [2.45, 2.75) is 19.6 Å². The van der Waals surface area contributed by atoms with E-state index in [0.717, 1.165) is 5.56 Å². The van der Waals surface area contributed by atoms with Crippen LogP contribution in [0, 0.1) is 0 Å². The van der Waals surface area contributed by atoms with Crippen molar-refractivity contribution in [2.24, 2.45) is 0 Å². The molecule has 1 aliphatic rings. The summed E-state index contributed by atoms with van der Waals surface area (Å²) in [6.07, 6.45) is -0.852. The van der Waals surface area contributed by atoms with Gasteiger partial charge in [-0.1, -0.05) is 6.07 Å². The van der Waals surface area contributed by atoms with Crippen molar-refractivity contribution in [2.75, 3.05) is 60.2 Å². The summed E-state index contributed by atoms with van der Waals surface area (Å²) in [4.78, 5) is 15.5. The fourth-order valence-corrected chi connectivity index (χ4v) is 2.96. The third-order valence-corrected chi connectivity index (χ3v) is 4.39. The van der Waals surface area contributed by atoms with Gasteiger partial charge >= 0.3 is 6.09 Å². The van der Waals surface area contributed by atoms with Gasteiger partial charge in [0.15, 0.2) is 11.5 Å². The molecule has 1 aromatic rings. The van der Waals surface area contributed by atoms with Crippen molar-refractivity contribution in [3.63, 3.8) is 0 Å². The number of carbonyl (C=O) groups excluding carboxylic acids is 1. The summed E-state index contributed by atoms with van der Waals surface area (Å²) >= 11 is 0. The number of β-amino-alcohol motifs (C(OH)–C–C–N with tert-alkyl or cyclic N) is 1. The number of hydrogen-bond acceptors (Lipinski definition) is 7. The number of benzene rings is 1. The van der Waals surface area contributed by atoms with Crippen LogP contribution >= 0.6 is 0 Å². The fraction of sp³-hybridized carbons (Fsp3) is 0.632. The van der Waals surface area contributed by atoms with Gasteiger partial charge < -0.3 is 29.0 Å². The average Bonchev–Trinajstić information content (AvgIpc) is 2.68. The lowest BCUT2D eigenvalue weighted by Crippen LogP contribution is -2.50. The Hall–Kier alpha value is -2.03. The third-order valence-electron chi connectivity index (χ3n) is 4.39. The largest absolute Gasteiger partial charge is 0.493 e. The van der Waals surface area contributed by atoms with Crippen LogP contribution in [0.2, 0.25) is 0 Å². The lowest BCUT2D eigenvalue weighted by Gasteiger charge is -2.34. The SMILES string of the molecule is CCOC(=O)N1CCN(C[C@@H](O)COCc2ccc(OC)c(OC)c2)CC1. The summed E-state index contributed by atoms with van der Waals surface area (Å²) in [5, 5.41) is 10.2. The van der Waals surface area contributed by atoms with Crippen LogP contribution in [-0.2, 0) is 16.1 Å². The van der Waals surface area contributed by atoms with Crippen LogP contribution in [0.3, 0.4) is 0 Å². The van der Waals surface area contributed by atoms with Crippen molar-refractivity contribution >= 4 is 6.09 Å². The van der Waals surface area contributed by atoms with E-state index in [1.54, 1.807) is 26.0 Å². The molecular weight excluding hydrogens is 352 g/mol. The maximum absolute atomic E-state index is 11.7. The molecule has 1 saturated heterocycles. The Bertz CT molecular complexity index is 590. The van der Waals surface area contributed by atoms with Crippen LogP contribution in [0.15, 0.2) is 18.2 Å². The molecule has 1 atom stereocenters. The Morgan fingerprint density at radius 2 is 1.85 bits per heavy atom. The molecule has 0 aromatic heterocycles. The summed E-state index contributed by atoms with van der Waals surface area (Å²) in [7, 11) is 3.19. The Balaban J connectivity index is 1.68. The molecule has 1 aliphatic heterocycles. The Kier molecular flexibility index (Phi) is 8.63. The quantitative estimate of drug-likeness (QED) is 0.691. The number of amides is 1. The number of ether oxygens (including phenoxy) is 4. The van der Waals surface area contributed by atoms with E-state index < -0.39 is 6.10 Å². The topological polar surface area (TPSA) is 80.7 Å². The lowest BCUT2D eigenvalue weighted by molar-refractivity contribution is 0.00116. The van der Waals surface area contributed by atoms with Crippen LogP contribution in [0.5, 0.6) is 11.5 Å². The van der Waals surface area contributed by atoms with Gasteiger partial charge in [0.1, 0.15) is 0 Å². The van der Waals surface area contributed by atoms with Crippen molar-refractivity contribution in [1.29, 1.82) is 0 Å². The summed E-state index contributed by atoms with van der Waals surface area (Å²) in [6.45, 7) is 5.97. The molecule has 8 heteroatoms. The highest BCUT2D eigenvalue weighted by Crippen LogP contribution is 2.27. The van der Waals surface area contributed by atoms with Gasteiger partial charge in [0.05, 0.1) is 40.1 Å². The minimum atomic E-state index is -0.584. The molecule has 2 rings (SSSR count). The number of carbonyl (C=O) groups is 1.